The van der Waals surface area contributed by atoms with Gasteiger partial charge in [0, 0.05) is 5.56 Å². The minimum absolute atomic E-state index is 0.0641. The Bertz CT molecular complexity index is 563. The summed E-state index contributed by atoms with van der Waals surface area (Å²) in [6, 6.07) is 2.88. The monoisotopic (exact) mass is 286 g/mol. The van der Waals surface area contributed by atoms with E-state index in [4.69, 9.17) is 5.84 Å². The van der Waals surface area contributed by atoms with Gasteiger partial charge in [-0.2, -0.15) is 0 Å². The maximum absolute atomic E-state index is 14.1. The molecule has 2 unspecified atom stereocenters. The predicted octanol–water partition coefficient (Wildman–Crippen LogP) is 1.38. The summed E-state index contributed by atoms with van der Waals surface area (Å²) in [5, 5.41) is 0. The lowest BCUT2D eigenvalue weighted by atomic mass is 9.89. The van der Waals surface area contributed by atoms with Crippen molar-refractivity contribution in [2.75, 3.05) is 11.5 Å². The summed E-state index contributed by atoms with van der Waals surface area (Å²) in [5.74, 6) is 5.25. The lowest BCUT2D eigenvalue weighted by Crippen LogP contribution is -2.35. The second-order valence-corrected chi connectivity index (χ2v) is 7.51. The number of benzene rings is 1. The number of rotatable bonds is 3. The zero-order chi connectivity index (χ0) is 14.2. The highest BCUT2D eigenvalue weighted by Gasteiger charge is 2.35. The molecule has 0 aromatic heterocycles. The van der Waals surface area contributed by atoms with Crippen molar-refractivity contribution in [1.82, 2.24) is 5.43 Å². The lowest BCUT2D eigenvalue weighted by molar-refractivity contribution is 0.384. The van der Waals surface area contributed by atoms with E-state index in [9.17, 15) is 12.8 Å². The molecule has 106 valence electrons. The van der Waals surface area contributed by atoms with Gasteiger partial charge < -0.3 is 0 Å². The number of hydrogen-bond acceptors (Lipinski definition) is 4. The van der Waals surface area contributed by atoms with E-state index in [0.29, 0.717) is 12.0 Å². The standard InChI is InChI=1S/C13H19FN2O2S/c1-8-5-9(2)12(11(14)6-8)13(16-15)10-3-4-19(17,18)7-10/h5-6,10,13,16H,3-4,7,15H2,1-2H3. The highest BCUT2D eigenvalue weighted by Crippen LogP contribution is 2.34. The molecule has 1 saturated heterocycles. The van der Waals surface area contributed by atoms with Gasteiger partial charge in [0.2, 0.25) is 0 Å². The minimum Gasteiger partial charge on any atom is -0.271 e. The van der Waals surface area contributed by atoms with Crippen molar-refractivity contribution in [2.24, 2.45) is 11.8 Å². The molecule has 1 aliphatic rings. The Kier molecular flexibility index (Phi) is 3.94. The Morgan fingerprint density at radius 1 is 1.42 bits per heavy atom. The smallest absolute Gasteiger partial charge is 0.150 e. The topological polar surface area (TPSA) is 72.2 Å². The molecule has 1 heterocycles. The average Bonchev–Trinajstić information content (AvgIpc) is 2.63. The van der Waals surface area contributed by atoms with E-state index >= 15 is 0 Å². The lowest BCUT2D eigenvalue weighted by Gasteiger charge is -2.24. The Balaban J connectivity index is 2.38. The number of halogens is 1. The summed E-state index contributed by atoms with van der Waals surface area (Å²) in [6.07, 6.45) is 0.518. The predicted molar refractivity (Wildman–Crippen MR) is 72.7 cm³/mol. The van der Waals surface area contributed by atoms with Gasteiger partial charge in [-0.25, -0.2) is 12.8 Å². The highest BCUT2D eigenvalue weighted by molar-refractivity contribution is 7.91. The second kappa shape index (κ2) is 5.19. The molecule has 2 rings (SSSR count). The van der Waals surface area contributed by atoms with Crippen LogP contribution in [0, 0.1) is 25.6 Å². The van der Waals surface area contributed by atoms with Gasteiger partial charge in [-0.3, -0.25) is 11.3 Å². The first-order valence-corrected chi connectivity index (χ1v) is 8.09. The van der Waals surface area contributed by atoms with Crippen LogP contribution in [-0.4, -0.2) is 19.9 Å². The summed E-state index contributed by atoms with van der Waals surface area (Å²) in [5.41, 5.74) is 4.71. The van der Waals surface area contributed by atoms with Crippen molar-refractivity contribution >= 4 is 9.84 Å². The largest absolute Gasteiger partial charge is 0.271 e. The van der Waals surface area contributed by atoms with E-state index in [0.717, 1.165) is 11.1 Å². The zero-order valence-corrected chi connectivity index (χ0v) is 11.9. The van der Waals surface area contributed by atoms with E-state index in [1.54, 1.807) is 0 Å². The van der Waals surface area contributed by atoms with Crippen molar-refractivity contribution < 1.29 is 12.8 Å². The SMILES string of the molecule is Cc1cc(C)c(C(NN)C2CCS(=O)(=O)C2)c(F)c1. The van der Waals surface area contributed by atoms with Gasteiger partial charge in [0.25, 0.3) is 0 Å². The summed E-state index contributed by atoms with van der Waals surface area (Å²) in [4.78, 5) is 0. The molecule has 0 spiro atoms. The molecule has 1 aromatic carbocycles. The molecule has 19 heavy (non-hydrogen) atoms. The van der Waals surface area contributed by atoms with Gasteiger partial charge in [0.15, 0.2) is 9.84 Å². The molecule has 0 bridgehead atoms. The molecule has 6 heteroatoms. The maximum atomic E-state index is 14.1. The molecule has 0 radical (unpaired) electrons. The molecule has 1 fully saturated rings. The molecular weight excluding hydrogens is 267 g/mol. The third kappa shape index (κ3) is 2.96. The number of nitrogens with one attached hydrogen (secondary N) is 1. The van der Waals surface area contributed by atoms with Gasteiger partial charge in [-0.05, 0) is 43.4 Å². The van der Waals surface area contributed by atoms with Crippen molar-refractivity contribution in [3.8, 4) is 0 Å². The highest BCUT2D eigenvalue weighted by atomic mass is 32.2. The summed E-state index contributed by atoms with van der Waals surface area (Å²) in [6.45, 7) is 3.64. The van der Waals surface area contributed by atoms with Crippen molar-refractivity contribution in [3.63, 3.8) is 0 Å². The Labute approximate surface area is 113 Å². The van der Waals surface area contributed by atoms with Gasteiger partial charge in [0.1, 0.15) is 5.82 Å². The molecule has 3 N–H and O–H groups in total. The fraction of sp³-hybridized carbons (Fsp3) is 0.538. The third-order valence-corrected chi connectivity index (χ3v) is 5.50. The summed E-state index contributed by atoms with van der Waals surface area (Å²) in [7, 11) is -3.01. The van der Waals surface area contributed by atoms with Gasteiger partial charge >= 0.3 is 0 Å². The van der Waals surface area contributed by atoms with Crippen LogP contribution in [0.15, 0.2) is 12.1 Å². The number of aryl methyl sites for hydroxylation is 2. The molecule has 0 amide bonds. The van der Waals surface area contributed by atoms with Crippen LogP contribution in [-0.2, 0) is 9.84 Å². The van der Waals surface area contributed by atoms with E-state index in [-0.39, 0.29) is 23.2 Å². The van der Waals surface area contributed by atoms with Gasteiger partial charge in [0.05, 0.1) is 17.5 Å². The fourth-order valence-electron chi connectivity index (χ4n) is 2.86. The first kappa shape index (κ1) is 14.4. The molecule has 0 aliphatic carbocycles. The van der Waals surface area contributed by atoms with Crippen molar-refractivity contribution in [3.05, 3.63) is 34.6 Å². The van der Waals surface area contributed by atoms with Crippen LogP contribution in [0.25, 0.3) is 0 Å². The number of hydrogen-bond donors (Lipinski definition) is 2. The fourth-order valence-corrected chi connectivity index (χ4v) is 4.70. The normalized spacial score (nSPS) is 23.5. The number of sulfone groups is 1. The summed E-state index contributed by atoms with van der Waals surface area (Å²) >= 11 is 0. The van der Waals surface area contributed by atoms with E-state index in [1.165, 1.54) is 6.07 Å². The van der Waals surface area contributed by atoms with Crippen LogP contribution in [0.4, 0.5) is 4.39 Å². The van der Waals surface area contributed by atoms with Crippen molar-refractivity contribution in [2.45, 2.75) is 26.3 Å². The number of nitrogens with two attached hydrogens (primary N) is 1. The first-order valence-electron chi connectivity index (χ1n) is 6.27. The molecule has 2 atom stereocenters. The molecule has 4 nitrogen and oxygen atoms in total. The minimum atomic E-state index is -3.01. The van der Waals surface area contributed by atoms with E-state index in [2.05, 4.69) is 5.43 Å². The molecule has 1 aliphatic heterocycles. The van der Waals surface area contributed by atoms with Crippen molar-refractivity contribution in [1.29, 1.82) is 0 Å². The van der Waals surface area contributed by atoms with Gasteiger partial charge in [-0.15, -0.1) is 0 Å². The maximum Gasteiger partial charge on any atom is 0.150 e. The second-order valence-electron chi connectivity index (χ2n) is 5.28. The molecule has 0 saturated carbocycles. The van der Waals surface area contributed by atoms with Crippen LogP contribution >= 0.6 is 0 Å². The Hall–Kier alpha value is -0.980. The van der Waals surface area contributed by atoms with Crippen LogP contribution in [0.2, 0.25) is 0 Å². The number of hydrazine groups is 1. The quantitative estimate of drug-likeness (QED) is 0.650. The van der Waals surface area contributed by atoms with E-state index < -0.39 is 15.9 Å². The Morgan fingerprint density at radius 2 is 2.11 bits per heavy atom. The average molecular weight is 286 g/mol. The first-order chi connectivity index (χ1) is 8.84. The Morgan fingerprint density at radius 3 is 2.58 bits per heavy atom. The third-order valence-electron chi connectivity index (χ3n) is 3.71. The summed E-state index contributed by atoms with van der Waals surface area (Å²) < 4.78 is 37.3. The zero-order valence-electron chi connectivity index (χ0n) is 11.1. The van der Waals surface area contributed by atoms with Crippen LogP contribution in [0.5, 0.6) is 0 Å². The van der Waals surface area contributed by atoms with Crippen LogP contribution in [0.1, 0.15) is 29.2 Å². The van der Waals surface area contributed by atoms with E-state index in [1.807, 2.05) is 19.9 Å². The van der Waals surface area contributed by atoms with Crippen LogP contribution in [0.3, 0.4) is 0 Å². The van der Waals surface area contributed by atoms with Crippen LogP contribution < -0.4 is 11.3 Å². The molecule has 1 aromatic rings. The van der Waals surface area contributed by atoms with Gasteiger partial charge in [-0.1, -0.05) is 6.07 Å². The molecular formula is C13H19FN2O2S.